The molecule has 1 N–H and O–H groups in total. The number of hydrogen-bond acceptors (Lipinski definition) is 2. The third kappa shape index (κ3) is 4.37. The van der Waals surface area contributed by atoms with Gasteiger partial charge in [-0.15, -0.1) is 0 Å². The molecular weight excluding hydrogens is 254 g/mol. The summed E-state index contributed by atoms with van der Waals surface area (Å²) in [5.41, 5.74) is 0.785. The van der Waals surface area contributed by atoms with Crippen LogP contribution in [0.3, 0.4) is 0 Å². The van der Waals surface area contributed by atoms with Crippen molar-refractivity contribution in [2.45, 2.75) is 33.6 Å². The van der Waals surface area contributed by atoms with E-state index in [0.717, 1.165) is 13.0 Å². The van der Waals surface area contributed by atoms with E-state index < -0.39 is 5.97 Å². The first-order chi connectivity index (χ1) is 9.49. The fourth-order valence-corrected chi connectivity index (χ4v) is 2.07. The van der Waals surface area contributed by atoms with Crippen molar-refractivity contribution >= 4 is 11.9 Å². The van der Waals surface area contributed by atoms with Crippen molar-refractivity contribution in [2.75, 3.05) is 13.1 Å². The number of benzene rings is 1. The van der Waals surface area contributed by atoms with Crippen molar-refractivity contribution in [1.82, 2.24) is 4.90 Å². The van der Waals surface area contributed by atoms with Crippen molar-refractivity contribution in [3.8, 4) is 0 Å². The molecule has 1 amide bonds. The lowest BCUT2D eigenvalue weighted by Crippen LogP contribution is -2.35. The van der Waals surface area contributed by atoms with E-state index in [-0.39, 0.29) is 17.9 Å². The van der Waals surface area contributed by atoms with Crippen LogP contribution in [-0.4, -0.2) is 35.0 Å². The summed E-state index contributed by atoms with van der Waals surface area (Å²) in [5, 5.41) is 9.13. The molecule has 0 aliphatic carbocycles. The Balaban J connectivity index is 2.81. The second-order valence-corrected chi connectivity index (χ2v) is 5.08. The zero-order valence-corrected chi connectivity index (χ0v) is 12.4. The largest absolute Gasteiger partial charge is 0.478 e. The number of likely N-dealkylation sites (N-methyl/N-ethyl adjacent to an activating group) is 1. The fourth-order valence-electron chi connectivity index (χ4n) is 2.07. The Bertz CT molecular complexity index is 471. The molecule has 0 bridgehead atoms. The Morgan fingerprint density at radius 2 is 1.90 bits per heavy atom. The molecular formula is C16H23NO3. The maximum atomic E-state index is 12.3. The standard InChI is InChI=1S/C16H23NO3/c1-4-12(3)11-17(5-2)15(18)10-13-8-6-7-9-14(13)16(19)20/h6-9,12H,4-5,10-11H2,1-3H3,(H,19,20). The summed E-state index contributed by atoms with van der Waals surface area (Å²) in [6, 6.07) is 6.68. The Kier molecular flexibility index (Phi) is 6.22. The van der Waals surface area contributed by atoms with E-state index in [9.17, 15) is 9.59 Å². The quantitative estimate of drug-likeness (QED) is 0.833. The number of carboxylic acids is 1. The van der Waals surface area contributed by atoms with Crippen LogP contribution in [0.5, 0.6) is 0 Å². The molecule has 0 radical (unpaired) electrons. The van der Waals surface area contributed by atoms with Gasteiger partial charge in [0, 0.05) is 13.1 Å². The first kappa shape index (κ1) is 16.2. The molecule has 1 rings (SSSR count). The number of rotatable bonds is 7. The zero-order chi connectivity index (χ0) is 15.1. The van der Waals surface area contributed by atoms with Gasteiger partial charge in [0.05, 0.1) is 12.0 Å². The highest BCUT2D eigenvalue weighted by Crippen LogP contribution is 2.12. The van der Waals surface area contributed by atoms with Crippen LogP contribution in [0.15, 0.2) is 24.3 Å². The van der Waals surface area contributed by atoms with Crippen LogP contribution in [0, 0.1) is 5.92 Å². The molecule has 0 aromatic heterocycles. The third-order valence-electron chi connectivity index (χ3n) is 3.55. The first-order valence-corrected chi connectivity index (χ1v) is 7.08. The lowest BCUT2D eigenvalue weighted by Gasteiger charge is -2.24. The maximum Gasteiger partial charge on any atom is 0.335 e. The van der Waals surface area contributed by atoms with Gasteiger partial charge in [0.15, 0.2) is 0 Å². The second kappa shape index (κ2) is 7.68. The molecule has 4 nitrogen and oxygen atoms in total. The predicted molar refractivity (Wildman–Crippen MR) is 78.8 cm³/mol. The van der Waals surface area contributed by atoms with E-state index in [0.29, 0.717) is 18.0 Å². The van der Waals surface area contributed by atoms with Crippen molar-refractivity contribution < 1.29 is 14.7 Å². The van der Waals surface area contributed by atoms with Gasteiger partial charge in [-0.25, -0.2) is 4.79 Å². The number of carboxylic acid groups (broad SMARTS) is 1. The van der Waals surface area contributed by atoms with Gasteiger partial charge >= 0.3 is 5.97 Å². The van der Waals surface area contributed by atoms with Crippen molar-refractivity contribution in [3.63, 3.8) is 0 Å². The average molecular weight is 277 g/mol. The van der Waals surface area contributed by atoms with Crippen molar-refractivity contribution in [2.24, 2.45) is 5.92 Å². The van der Waals surface area contributed by atoms with Crippen LogP contribution in [0.2, 0.25) is 0 Å². The average Bonchev–Trinajstić information content (AvgIpc) is 2.44. The number of hydrogen-bond donors (Lipinski definition) is 1. The lowest BCUT2D eigenvalue weighted by molar-refractivity contribution is -0.130. The van der Waals surface area contributed by atoms with Gasteiger partial charge in [-0.3, -0.25) is 4.79 Å². The fraction of sp³-hybridized carbons (Fsp3) is 0.500. The molecule has 1 unspecified atom stereocenters. The first-order valence-electron chi connectivity index (χ1n) is 7.08. The topological polar surface area (TPSA) is 57.6 Å². The smallest absolute Gasteiger partial charge is 0.335 e. The van der Waals surface area contributed by atoms with E-state index in [1.165, 1.54) is 6.07 Å². The van der Waals surface area contributed by atoms with Crippen LogP contribution in [0.1, 0.15) is 43.1 Å². The normalized spacial score (nSPS) is 11.9. The molecule has 110 valence electrons. The summed E-state index contributed by atoms with van der Waals surface area (Å²) in [7, 11) is 0. The highest BCUT2D eigenvalue weighted by atomic mass is 16.4. The lowest BCUT2D eigenvalue weighted by atomic mass is 10.0. The summed E-state index contributed by atoms with van der Waals surface area (Å²) >= 11 is 0. The minimum atomic E-state index is -0.988. The minimum Gasteiger partial charge on any atom is -0.478 e. The molecule has 0 fully saturated rings. The highest BCUT2D eigenvalue weighted by Gasteiger charge is 2.17. The molecule has 20 heavy (non-hydrogen) atoms. The molecule has 1 atom stereocenters. The van der Waals surface area contributed by atoms with Crippen LogP contribution in [0.4, 0.5) is 0 Å². The molecule has 0 spiro atoms. The van der Waals surface area contributed by atoms with E-state index in [4.69, 9.17) is 5.11 Å². The number of amides is 1. The van der Waals surface area contributed by atoms with Gasteiger partial charge in [-0.2, -0.15) is 0 Å². The van der Waals surface area contributed by atoms with E-state index in [2.05, 4.69) is 13.8 Å². The van der Waals surface area contributed by atoms with Gasteiger partial charge in [0.2, 0.25) is 5.91 Å². The predicted octanol–water partition coefficient (Wildman–Crippen LogP) is 2.82. The molecule has 0 heterocycles. The number of carbonyl (C=O) groups is 2. The summed E-state index contributed by atoms with van der Waals surface area (Å²) in [6.07, 6.45) is 1.17. The van der Waals surface area contributed by atoms with Crippen LogP contribution < -0.4 is 0 Å². The van der Waals surface area contributed by atoms with Crippen LogP contribution >= 0.6 is 0 Å². The second-order valence-electron chi connectivity index (χ2n) is 5.08. The molecule has 0 aliphatic heterocycles. The monoisotopic (exact) mass is 277 g/mol. The maximum absolute atomic E-state index is 12.3. The van der Waals surface area contributed by atoms with Gasteiger partial charge in [0.25, 0.3) is 0 Å². The minimum absolute atomic E-state index is 0.0125. The molecule has 0 saturated heterocycles. The summed E-state index contributed by atoms with van der Waals surface area (Å²) < 4.78 is 0. The van der Waals surface area contributed by atoms with Crippen LogP contribution in [0.25, 0.3) is 0 Å². The Morgan fingerprint density at radius 1 is 1.25 bits per heavy atom. The Hall–Kier alpha value is -1.84. The Labute approximate surface area is 120 Å². The molecule has 4 heteroatoms. The molecule has 1 aromatic rings. The summed E-state index contributed by atoms with van der Waals surface area (Å²) in [6.45, 7) is 7.53. The third-order valence-corrected chi connectivity index (χ3v) is 3.55. The molecule has 0 aliphatic rings. The van der Waals surface area contributed by atoms with Gasteiger partial charge in [0.1, 0.15) is 0 Å². The highest BCUT2D eigenvalue weighted by molar-refractivity contribution is 5.91. The van der Waals surface area contributed by atoms with E-state index in [1.807, 2.05) is 6.92 Å². The summed E-state index contributed by atoms with van der Waals surface area (Å²) in [4.78, 5) is 25.2. The molecule has 0 saturated carbocycles. The van der Waals surface area contributed by atoms with Crippen LogP contribution in [-0.2, 0) is 11.2 Å². The van der Waals surface area contributed by atoms with Gasteiger partial charge < -0.3 is 10.0 Å². The Morgan fingerprint density at radius 3 is 2.45 bits per heavy atom. The number of carbonyl (C=O) groups excluding carboxylic acids is 1. The zero-order valence-electron chi connectivity index (χ0n) is 12.4. The number of aromatic carboxylic acids is 1. The van der Waals surface area contributed by atoms with Crippen molar-refractivity contribution in [3.05, 3.63) is 35.4 Å². The molecule has 1 aromatic carbocycles. The SMILES string of the molecule is CCC(C)CN(CC)C(=O)Cc1ccccc1C(=O)O. The number of nitrogens with zero attached hydrogens (tertiary/aromatic N) is 1. The summed E-state index contributed by atoms with van der Waals surface area (Å²) in [5.74, 6) is -0.548. The van der Waals surface area contributed by atoms with E-state index >= 15 is 0 Å². The van der Waals surface area contributed by atoms with E-state index in [1.54, 1.807) is 23.1 Å². The van der Waals surface area contributed by atoms with Gasteiger partial charge in [-0.1, -0.05) is 38.5 Å². The van der Waals surface area contributed by atoms with Gasteiger partial charge in [-0.05, 0) is 24.5 Å². The van der Waals surface area contributed by atoms with Crippen molar-refractivity contribution in [1.29, 1.82) is 0 Å².